The number of aryl methyl sites for hydroxylation is 1. The summed E-state index contributed by atoms with van der Waals surface area (Å²) in [6, 6.07) is 13.8. The second kappa shape index (κ2) is 6.36. The maximum Gasteiger partial charge on any atom is 0.251 e. The summed E-state index contributed by atoms with van der Waals surface area (Å²) in [6.45, 7) is 0.530. The van der Waals surface area contributed by atoms with Crippen LogP contribution in [0.3, 0.4) is 0 Å². The third kappa shape index (κ3) is 3.29. The highest BCUT2D eigenvalue weighted by molar-refractivity contribution is 5.35. The summed E-state index contributed by atoms with van der Waals surface area (Å²) < 4.78 is 5.45. The Morgan fingerprint density at radius 1 is 1.17 bits per heavy atom. The largest absolute Gasteiger partial charge is 0.476 e. The van der Waals surface area contributed by atoms with E-state index < -0.39 is 0 Å². The standard InChI is InChI=1S/C14H13N3O/c15-11-13-8-9-16-17-14(13)18-10-4-7-12-5-2-1-3-6-12/h1-3,5-6,8-9H,4,7,10H2. The van der Waals surface area contributed by atoms with Gasteiger partial charge in [0.2, 0.25) is 0 Å². The topological polar surface area (TPSA) is 58.8 Å². The van der Waals surface area contributed by atoms with E-state index in [1.807, 2.05) is 24.3 Å². The highest BCUT2D eigenvalue weighted by Gasteiger charge is 2.03. The molecule has 90 valence electrons. The molecule has 0 atom stereocenters. The molecule has 0 fully saturated rings. The number of hydrogen-bond donors (Lipinski definition) is 0. The molecule has 0 spiro atoms. The molecule has 1 aromatic heterocycles. The van der Waals surface area contributed by atoms with Gasteiger partial charge in [-0.1, -0.05) is 30.3 Å². The molecule has 2 aromatic rings. The van der Waals surface area contributed by atoms with Crippen LogP contribution in [0, 0.1) is 11.3 Å². The smallest absolute Gasteiger partial charge is 0.251 e. The van der Waals surface area contributed by atoms with E-state index in [4.69, 9.17) is 10.00 Å². The van der Waals surface area contributed by atoms with Gasteiger partial charge in [0.25, 0.3) is 5.88 Å². The molecule has 0 amide bonds. The van der Waals surface area contributed by atoms with Crippen molar-refractivity contribution in [3.63, 3.8) is 0 Å². The number of benzene rings is 1. The van der Waals surface area contributed by atoms with E-state index in [-0.39, 0.29) is 0 Å². The lowest BCUT2D eigenvalue weighted by Crippen LogP contribution is -2.03. The van der Waals surface area contributed by atoms with Gasteiger partial charge < -0.3 is 4.74 Å². The zero-order valence-corrected chi connectivity index (χ0v) is 9.91. The first-order chi connectivity index (χ1) is 8.90. The number of rotatable bonds is 5. The summed E-state index contributed by atoms with van der Waals surface area (Å²) in [5, 5.41) is 16.4. The number of nitriles is 1. The minimum absolute atomic E-state index is 0.313. The van der Waals surface area contributed by atoms with Gasteiger partial charge in [-0.2, -0.15) is 10.4 Å². The molecule has 1 aromatic carbocycles. The first-order valence-electron chi connectivity index (χ1n) is 5.78. The summed E-state index contributed by atoms with van der Waals surface area (Å²) in [6.07, 6.45) is 3.31. The molecule has 0 aliphatic carbocycles. The molecular formula is C14H13N3O. The van der Waals surface area contributed by atoms with Crippen molar-refractivity contribution in [1.82, 2.24) is 10.2 Å². The van der Waals surface area contributed by atoms with Crippen LogP contribution in [0.25, 0.3) is 0 Å². The summed E-state index contributed by atoms with van der Waals surface area (Å²) in [7, 11) is 0. The monoisotopic (exact) mass is 239 g/mol. The Hall–Kier alpha value is -2.41. The maximum atomic E-state index is 8.86. The van der Waals surface area contributed by atoms with Gasteiger partial charge in [0, 0.05) is 0 Å². The molecule has 0 aliphatic heterocycles. The van der Waals surface area contributed by atoms with E-state index in [2.05, 4.69) is 22.3 Å². The molecule has 0 unspecified atom stereocenters. The first-order valence-corrected chi connectivity index (χ1v) is 5.78. The van der Waals surface area contributed by atoms with Gasteiger partial charge in [-0.25, -0.2) is 0 Å². The average Bonchev–Trinajstić information content (AvgIpc) is 2.45. The van der Waals surface area contributed by atoms with Crippen molar-refractivity contribution in [1.29, 1.82) is 5.26 Å². The fraction of sp³-hybridized carbons (Fsp3) is 0.214. The Labute approximate surface area is 106 Å². The molecule has 0 N–H and O–H groups in total. The van der Waals surface area contributed by atoms with Crippen LogP contribution >= 0.6 is 0 Å². The molecule has 2 rings (SSSR count). The van der Waals surface area contributed by atoms with E-state index >= 15 is 0 Å². The van der Waals surface area contributed by atoms with Crippen molar-refractivity contribution in [3.05, 3.63) is 53.7 Å². The van der Waals surface area contributed by atoms with Crippen LogP contribution in [-0.4, -0.2) is 16.8 Å². The minimum atomic E-state index is 0.313. The maximum absolute atomic E-state index is 8.86. The summed E-state index contributed by atoms with van der Waals surface area (Å²) in [5.41, 5.74) is 1.70. The Balaban J connectivity index is 1.81. The summed E-state index contributed by atoms with van der Waals surface area (Å²) in [4.78, 5) is 0. The predicted octanol–water partition coefficient (Wildman–Crippen LogP) is 2.36. The third-order valence-corrected chi connectivity index (χ3v) is 2.50. The first kappa shape index (κ1) is 12.1. The van der Waals surface area contributed by atoms with Gasteiger partial charge in [0.1, 0.15) is 11.6 Å². The zero-order chi connectivity index (χ0) is 12.6. The number of hydrogen-bond acceptors (Lipinski definition) is 4. The molecular weight excluding hydrogens is 226 g/mol. The lowest BCUT2D eigenvalue weighted by Gasteiger charge is -2.05. The van der Waals surface area contributed by atoms with Crippen LogP contribution in [0.4, 0.5) is 0 Å². The van der Waals surface area contributed by atoms with E-state index in [0.29, 0.717) is 18.1 Å². The SMILES string of the molecule is N#Cc1ccnnc1OCCCc1ccccc1. The molecule has 0 aliphatic rings. The average molecular weight is 239 g/mol. The van der Waals surface area contributed by atoms with Gasteiger partial charge >= 0.3 is 0 Å². The van der Waals surface area contributed by atoms with Gasteiger partial charge in [-0.3, -0.25) is 0 Å². The second-order valence-electron chi connectivity index (χ2n) is 3.80. The second-order valence-corrected chi connectivity index (χ2v) is 3.80. The molecule has 0 bridgehead atoms. The normalized spacial score (nSPS) is 9.72. The van der Waals surface area contributed by atoms with Crippen molar-refractivity contribution in [2.75, 3.05) is 6.61 Å². The lowest BCUT2D eigenvalue weighted by atomic mass is 10.1. The van der Waals surface area contributed by atoms with E-state index in [1.54, 1.807) is 6.07 Å². The number of aromatic nitrogens is 2. The van der Waals surface area contributed by atoms with Gasteiger partial charge in [-0.15, -0.1) is 5.10 Å². The molecule has 4 heteroatoms. The lowest BCUT2D eigenvalue weighted by molar-refractivity contribution is 0.295. The van der Waals surface area contributed by atoms with E-state index in [1.165, 1.54) is 11.8 Å². The van der Waals surface area contributed by atoms with Crippen molar-refractivity contribution in [2.24, 2.45) is 0 Å². The fourth-order valence-electron chi connectivity index (χ4n) is 1.60. The van der Waals surface area contributed by atoms with Crippen LogP contribution in [0.15, 0.2) is 42.6 Å². The summed E-state index contributed by atoms with van der Waals surface area (Å²) >= 11 is 0. The van der Waals surface area contributed by atoms with Crippen molar-refractivity contribution in [2.45, 2.75) is 12.8 Å². The molecule has 0 radical (unpaired) electrons. The van der Waals surface area contributed by atoms with Crippen LogP contribution in [0.2, 0.25) is 0 Å². The Bertz CT molecular complexity index is 534. The van der Waals surface area contributed by atoms with Gasteiger partial charge in [0.05, 0.1) is 12.8 Å². The zero-order valence-electron chi connectivity index (χ0n) is 9.91. The molecule has 0 saturated carbocycles. The highest BCUT2D eigenvalue weighted by Crippen LogP contribution is 2.12. The highest BCUT2D eigenvalue weighted by atomic mass is 16.5. The van der Waals surface area contributed by atoms with Crippen molar-refractivity contribution >= 4 is 0 Å². The van der Waals surface area contributed by atoms with E-state index in [0.717, 1.165) is 12.8 Å². The summed E-state index contributed by atoms with van der Waals surface area (Å²) in [5.74, 6) is 0.313. The van der Waals surface area contributed by atoms with Crippen LogP contribution in [0.1, 0.15) is 17.5 Å². The molecule has 18 heavy (non-hydrogen) atoms. The van der Waals surface area contributed by atoms with Crippen LogP contribution in [-0.2, 0) is 6.42 Å². The minimum Gasteiger partial charge on any atom is -0.476 e. The third-order valence-electron chi connectivity index (χ3n) is 2.50. The van der Waals surface area contributed by atoms with E-state index in [9.17, 15) is 0 Å². The Morgan fingerprint density at radius 2 is 2.00 bits per heavy atom. The van der Waals surface area contributed by atoms with Gasteiger partial charge in [-0.05, 0) is 24.5 Å². The van der Waals surface area contributed by atoms with Gasteiger partial charge in [0.15, 0.2) is 0 Å². The van der Waals surface area contributed by atoms with Crippen LogP contribution < -0.4 is 4.74 Å². The predicted molar refractivity (Wildman–Crippen MR) is 67.0 cm³/mol. The molecule has 0 saturated heterocycles. The number of nitrogens with zero attached hydrogens (tertiary/aromatic N) is 3. The Kier molecular flexibility index (Phi) is 4.26. The molecule has 4 nitrogen and oxygen atoms in total. The Morgan fingerprint density at radius 3 is 2.78 bits per heavy atom. The van der Waals surface area contributed by atoms with Crippen molar-refractivity contribution < 1.29 is 4.74 Å². The quantitative estimate of drug-likeness (QED) is 0.751. The fourth-order valence-corrected chi connectivity index (χ4v) is 1.60. The van der Waals surface area contributed by atoms with Crippen molar-refractivity contribution in [3.8, 4) is 11.9 Å². The van der Waals surface area contributed by atoms with Crippen LogP contribution in [0.5, 0.6) is 5.88 Å². The molecule has 1 heterocycles. The number of ether oxygens (including phenoxy) is 1.